The normalized spacial score (nSPS) is 13.7. The van der Waals surface area contributed by atoms with Gasteiger partial charge in [-0.3, -0.25) is 0 Å². The third-order valence-electron chi connectivity index (χ3n) is 6.74. The molecule has 7 heteroatoms. The molecule has 35 heavy (non-hydrogen) atoms. The summed E-state index contributed by atoms with van der Waals surface area (Å²) < 4.78 is 41.1. The first-order valence-electron chi connectivity index (χ1n) is 11.7. The lowest BCUT2D eigenvalue weighted by Gasteiger charge is -2.31. The second-order valence-corrected chi connectivity index (χ2v) is 8.88. The van der Waals surface area contributed by atoms with Gasteiger partial charge < -0.3 is 15.0 Å². The summed E-state index contributed by atoms with van der Waals surface area (Å²) in [7, 11) is 0. The number of alkyl halides is 3. The number of para-hydroxylation sites is 2. The highest BCUT2D eigenvalue weighted by atomic mass is 19.4. The third-order valence-corrected chi connectivity index (χ3v) is 6.74. The number of rotatable bonds is 6. The minimum absolute atomic E-state index is 0.0280. The molecule has 0 amide bonds. The number of carbonyl (C=O) groups is 1. The molecule has 2 N–H and O–H groups in total. The van der Waals surface area contributed by atoms with Crippen molar-refractivity contribution in [2.24, 2.45) is 0 Å². The van der Waals surface area contributed by atoms with Gasteiger partial charge in [-0.05, 0) is 54.5 Å². The van der Waals surface area contributed by atoms with E-state index in [0.29, 0.717) is 28.5 Å². The molecule has 1 aromatic heterocycles. The first kappa shape index (κ1) is 23.0. The van der Waals surface area contributed by atoms with E-state index in [0.717, 1.165) is 38.4 Å². The molecule has 0 fully saturated rings. The average molecular weight is 479 g/mol. The van der Waals surface area contributed by atoms with Crippen LogP contribution in [-0.2, 0) is 19.0 Å². The van der Waals surface area contributed by atoms with Gasteiger partial charge in [0, 0.05) is 29.7 Å². The summed E-state index contributed by atoms with van der Waals surface area (Å²) in [6.45, 7) is 1.73. The molecule has 180 valence electrons. The van der Waals surface area contributed by atoms with Gasteiger partial charge in [0.1, 0.15) is 5.69 Å². The number of nitrogens with one attached hydrogen (secondary N) is 1. The largest absolute Gasteiger partial charge is 0.477 e. The number of carboxylic acid groups (broad SMARTS) is 1. The van der Waals surface area contributed by atoms with Gasteiger partial charge in [-0.25, -0.2) is 4.79 Å². The number of nitrogens with zero attached hydrogens (tertiary/aromatic N) is 1. The van der Waals surface area contributed by atoms with Crippen molar-refractivity contribution in [3.05, 3.63) is 89.1 Å². The number of halogens is 3. The fraction of sp³-hybridized carbons (Fsp3) is 0.250. The van der Waals surface area contributed by atoms with E-state index in [1.54, 1.807) is 24.3 Å². The fourth-order valence-electron chi connectivity index (χ4n) is 5.20. The molecule has 0 saturated heterocycles. The number of hydrogen-bond donors (Lipinski definition) is 2. The van der Waals surface area contributed by atoms with E-state index < -0.39 is 17.7 Å². The molecule has 0 atom stereocenters. The summed E-state index contributed by atoms with van der Waals surface area (Å²) >= 11 is 0. The molecule has 0 bridgehead atoms. The van der Waals surface area contributed by atoms with Crippen LogP contribution in [0, 0.1) is 0 Å². The summed E-state index contributed by atoms with van der Waals surface area (Å²) in [5, 5.41) is 10.5. The fourth-order valence-corrected chi connectivity index (χ4v) is 5.20. The molecular weight excluding hydrogens is 453 g/mol. The van der Waals surface area contributed by atoms with Crippen molar-refractivity contribution < 1.29 is 23.1 Å². The maximum Gasteiger partial charge on any atom is 0.417 e. The Hall–Kier alpha value is -3.74. The minimum Gasteiger partial charge on any atom is -0.477 e. The molecule has 4 nitrogen and oxygen atoms in total. The minimum atomic E-state index is -4.52. The number of aryl methyl sites for hydroxylation is 2. The van der Waals surface area contributed by atoms with Crippen LogP contribution in [-0.4, -0.2) is 29.1 Å². The van der Waals surface area contributed by atoms with Crippen molar-refractivity contribution in [3.8, 4) is 11.1 Å². The molecular formula is C28H25F3N2O2. The highest BCUT2D eigenvalue weighted by Crippen LogP contribution is 2.40. The van der Waals surface area contributed by atoms with Crippen molar-refractivity contribution in [1.82, 2.24) is 4.98 Å². The number of aromatic carboxylic acids is 1. The van der Waals surface area contributed by atoms with E-state index in [1.165, 1.54) is 23.4 Å². The van der Waals surface area contributed by atoms with E-state index in [1.807, 2.05) is 12.1 Å². The van der Waals surface area contributed by atoms with Gasteiger partial charge in [-0.2, -0.15) is 13.2 Å². The quantitative estimate of drug-likeness (QED) is 0.316. The number of fused-ring (bicyclic) bond motifs is 2. The van der Waals surface area contributed by atoms with Crippen molar-refractivity contribution >= 4 is 22.6 Å². The lowest BCUT2D eigenvalue weighted by atomic mass is 9.96. The lowest BCUT2D eigenvalue weighted by molar-refractivity contribution is -0.137. The number of aromatic amines is 1. The van der Waals surface area contributed by atoms with E-state index in [-0.39, 0.29) is 11.3 Å². The Morgan fingerprint density at radius 2 is 1.71 bits per heavy atom. The molecule has 0 unspecified atom stereocenters. The highest BCUT2D eigenvalue weighted by Gasteiger charge is 2.34. The van der Waals surface area contributed by atoms with Crippen molar-refractivity contribution in [2.75, 3.05) is 18.0 Å². The zero-order chi connectivity index (χ0) is 24.6. The molecule has 0 spiro atoms. The van der Waals surface area contributed by atoms with Gasteiger partial charge in [-0.15, -0.1) is 0 Å². The second-order valence-electron chi connectivity index (χ2n) is 8.88. The van der Waals surface area contributed by atoms with Crippen LogP contribution in [0.5, 0.6) is 0 Å². The Morgan fingerprint density at radius 3 is 2.51 bits per heavy atom. The van der Waals surface area contributed by atoms with Crippen LogP contribution in [0.4, 0.5) is 18.9 Å². The van der Waals surface area contributed by atoms with Crippen LogP contribution in [0.15, 0.2) is 66.7 Å². The molecule has 2 heterocycles. The smallest absolute Gasteiger partial charge is 0.417 e. The summed E-state index contributed by atoms with van der Waals surface area (Å²) in [5.41, 5.74) is 3.26. The topological polar surface area (TPSA) is 56.3 Å². The predicted molar refractivity (Wildman–Crippen MR) is 131 cm³/mol. The number of aromatic nitrogens is 1. The Morgan fingerprint density at radius 1 is 0.971 bits per heavy atom. The number of H-pyrrole nitrogens is 1. The standard InChI is InChI=1S/C28H25F3N2O2/c29-28(30,31)23-14-3-2-10-19(23)20-11-5-12-21-22(26(27(34)35)32-25(20)21)13-7-17-33-16-6-9-18-8-1-4-15-24(18)33/h1-5,8,10-12,14-15,32H,6-7,9,13,16-17H2,(H,34,35). The number of anilines is 1. The molecule has 4 aromatic rings. The van der Waals surface area contributed by atoms with Gasteiger partial charge in [0.15, 0.2) is 0 Å². The Labute approximate surface area is 201 Å². The maximum atomic E-state index is 13.7. The van der Waals surface area contributed by atoms with E-state index in [2.05, 4.69) is 22.0 Å². The summed E-state index contributed by atoms with van der Waals surface area (Å²) in [4.78, 5) is 17.3. The SMILES string of the molecule is O=C(O)c1[nH]c2c(-c3ccccc3C(F)(F)F)cccc2c1CCCN1CCCc2ccccc21. The van der Waals surface area contributed by atoms with Crippen LogP contribution < -0.4 is 4.90 Å². The number of benzene rings is 3. The van der Waals surface area contributed by atoms with E-state index in [9.17, 15) is 23.1 Å². The highest BCUT2D eigenvalue weighted by molar-refractivity contribution is 6.03. The van der Waals surface area contributed by atoms with Gasteiger partial charge in [0.25, 0.3) is 0 Å². The van der Waals surface area contributed by atoms with Crippen LogP contribution in [0.1, 0.15) is 40.0 Å². The Balaban J connectivity index is 1.49. The van der Waals surface area contributed by atoms with Crippen LogP contribution in [0.3, 0.4) is 0 Å². The van der Waals surface area contributed by atoms with Crippen molar-refractivity contribution in [2.45, 2.75) is 31.9 Å². The molecule has 1 aliphatic heterocycles. The monoisotopic (exact) mass is 478 g/mol. The Kier molecular flexibility index (Phi) is 6.01. The first-order valence-corrected chi connectivity index (χ1v) is 11.7. The van der Waals surface area contributed by atoms with Crippen molar-refractivity contribution in [3.63, 3.8) is 0 Å². The third kappa shape index (κ3) is 4.38. The Bertz CT molecular complexity index is 1390. The molecule has 1 aliphatic rings. The predicted octanol–water partition coefficient (Wildman–Crippen LogP) is 6.94. The van der Waals surface area contributed by atoms with Crippen LogP contribution in [0.25, 0.3) is 22.0 Å². The van der Waals surface area contributed by atoms with Crippen LogP contribution in [0.2, 0.25) is 0 Å². The van der Waals surface area contributed by atoms with Gasteiger partial charge in [0.2, 0.25) is 0 Å². The maximum absolute atomic E-state index is 13.7. The van der Waals surface area contributed by atoms with Gasteiger partial charge >= 0.3 is 12.1 Å². The van der Waals surface area contributed by atoms with Crippen LogP contribution >= 0.6 is 0 Å². The number of hydrogen-bond acceptors (Lipinski definition) is 2. The first-order chi connectivity index (χ1) is 16.8. The summed E-state index contributed by atoms with van der Waals surface area (Å²) in [6, 6.07) is 18.8. The molecule has 5 rings (SSSR count). The lowest BCUT2D eigenvalue weighted by Crippen LogP contribution is -2.30. The average Bonchev–Trinajstić information content (AvgIpc) is 3.23. The van der Waals surface area contributed by atoms with Crippen molar-refractivity contribution in [1.29, 1.82) is 0 Å². The number of carboxylic acids is 1. The zero-order valence-electron chi connectivity index (χ0n) is 19.0. The second kappa shape index (κ2) is 9.13. The summed E-state index contributed by atoms with van der Waals surface area (Å²) in [6.07, 6.45) is -1.16. The molecule has 0 aliphatic carbocycles. The van der Waals surface area contributed by atoms with E-state index >= 15 is 0 Å². The zero-order valence-corrected chi connectivity index (χ0v) is 19.0. The summed E-state index contributed by atoms with van der Waals surface area (Å²) in [5.74, 6) is -1.12. The molecule has 3 aromatic carbocycles. The van der Waals surface area contributed by atoms with Gasteiger partial charge in [-0.1, -0.05) is 54.6 Å². The van der Waals surface area contributed by atoms with Gasteiger partial charge in [0.05, 0.1) is 11.1 Å². The molecule has 0 radical (unpaired) electrons. The molecule has 0 saturated carbocycles. The van der Waals surface area contributed by atoms with E-state index in [4.69, 9.17) is 0 Å².